The average molecular weight is 464 g/mol. The van der Waals surface area contributed by atoms with E-state index in [4.69, 9.17) is 9.40 Å². The van der Waals surface area contributed by atoms with Gasteiger partial charge in [-0.1, -0.05) is 42.5 Å². The predicted octanol–water partition coefficient (Wildman–Crippen LogP) is 4.72. The van der Waals surface area contributed by atoms with Crippen LogP contribution in [-0.2, 0) is 17.1 Å². The van der Waals surface area contributed by atoms with Crippen LogP contribution < -0.4 is 10.5 Å². The van der Waals surface area contributed by atoms with Gasteiger partial charge in [0.05, 0.1) is 16.1 Å². The van der Waals surface area contributed by atoms with Gasteiger partial charge in [-0.05, 0) is 30.3 Å². The van der Waals surface area contributed by atoms with E-state index >= 15 is 0 Å². The van der Waals surface area contributed by atoms with Crippen molar-refractivity contribution in [1.29, 1.82) is 0 Å². The zero-order valence-electron chi connectivity index (χ0n) is 16.8. The summed E-state index contributed by atoms with van der Waals surface area (Å²) in [5.74, 6) is -0.548. The summed E-state index contributed by atoms with van der Waals surface area (Å²) in [4.78, 5) is 16.4. The number of hydrogen-bond donors (Lipinski definition) is 1. The predicted molar refractivity (Wildman–Crippen MR) is 125 cm³/mol. The van der Waals surface area contributed by atoms with Gasteiger partial charge < -0.3 is 4.42 Å². The fourth-order valence-electron chi connectivity index (χ4n) is 3.35. The Balaban J connectivity index is 1.44. The van der Waals surface area contributed by atoms with E-state index in [0.717, 1.165) is 21.8 Å². The van der Waals surface area contributed by atoms with Crippen molar-refractivity contribution in [3.63, 3.8) is 0 Å². The number of benzene rings is 3. The maximum atomic E-state index is 13.0. The summed E-state index contributed by atoms with van der Waals surface area (Å²) in [7, 11) is -2.35. The molecule has 2 heterocycles. The molecule has 0 radical (unpaired) electrons. The number of hydrogen-bond acceptors (Lipinski definition) is 6. The molecule has 0 spiro atoms. The van der Waals surface area contributed by atoms with Crippen LogP contribution in [0.25, 0.3) is 32.9 Å². The molecule has 7 nitrogen and oxygen atoms in total. The molecule has 0 amide bonds. The number of nitrogens with one attached hydrogen (secondary N) is 1. The van der Waals surface area contributed by atoms with Crippen molar-refractivity contribution in [2.75, 3.05) is 4.72 Å². The van der Waals surface area contributed by atoms with Gasteiger partial charge in [-0.25, -0.2) is 18.2 Å². The molecule has 0 fully saturated rings. The van der Waals surface area contributed by atoms with E-state index in [0.29, 0.717) is 16.8 Å². The Hall–Kier alpha value is -3.69. The second-order valence-electron chi connectivity index (χ2n) is 7.15. The molecule has 0 atom stereocenters. The number of thiazole rings is 1. The number of sulfonamides is 1. The van der Waals surface area contributed by atoms with Gasteiger partial charge in [0.15, 0.2) is 5.58 Å². The van der Waals surface area contributed by atoms with Gasteiger partial charge in [0, 0.05) is 29.2 Å². The first kappa shape index (κ1) is 20.2. The van der Waals surface area contributed by atoms with Crippen molar-refractivity contribution >= 4 is 38.1 Å². The van der Waals surface area contributed by atoms with Gasteiger partial charge in [0.25, 0.3) is 10.0 Å². The van der Waals surface area contributed by atoms with Crippen LogP contribution in [0.5, 0.6) is 0 Å². The molecule has 2 aromatic heterocycles. The average Bonchev–Trinajstić information content (AvgIpc) is 3.39. The van der Waals surface area contributed by atoms with Crippen molar-refractivity contribution in [2.24, 2.45) is 7.05 Å². The maximum Gasteiger partial charge on any atom is 0.419 e. The molecule has 9 heteroatoms. The Morgan fingerprint density at radius 2 is 1.75 bits per heavy atom. The number of aryl methyl sites for hydroxylation is 1. The van der Waals surface area contributed by atoms with Gasteiger partial charge in [0.2, 0.25) is 0 Å². The fourth-order valence-corrected chi connectivity index (χ4v) is 5.25. The minimum Gasteiger partial charge on any atom is -0.408 e. The van der Waals surface area contributed by atoms with Crippen LogP contribution in [0.2, 0.25) is 0 Å². The van der Waals surface area contributed by atoms with Gasteiger partial charge in [-0.15, -0.1) is 11.3 Å². The third-order valence-corrected chi connectivity index (χ3v) is 7.28. The number of rotatable bonds is 5. The Morgan fingerprint density at radius 3 is 2.56 bits per heavy atom. The highest BCUT2D eigenvalue weighted by molar-refractivity contribution is 7.92. The van der Waals surface area contributed by atoms with Crippen molar-refractivity contribution in [3.05, 3.63) is 88.7 Å². The molecule has 1 N–H and O–H groups in total. The molecule has 0 aliphatic carbocycles. The SMILES string of the molecule is Cn1c(=O)oc2ccc(S(=O)(=O)Nc3cccc(-c4csc(-c5ccccc5)n4)c3)cc21. The van der Waals surface area contributed by atoms with Crippen LogP contribution in [0.3, 0.4) is 0 Å². The molecule has 5 aromatic rings. The summed E-state index contributed by atoms with van der Waals surface area (Å²) in [6.07, 6.45) is 0. The number of anilines is 1. The molecule has 32 heavy (non-hydrogen) atoms. The lowest BCUT2D eigenvalue weighted by atomic mass is 10.1. The molecule has 0 unspecified atom stereocenters. The van der Waals surface area contributed by atoms with Crippen molar-refractivity contribution in [3.8, 4) is 21.8 Å². The molecule has 0 aliphatic heterocycles. The normalized spacial score (nSPS) is 11.7. The third kappa shape index (κ3) is 3.72. The summed E-state index contributed by atoms with van der Waals surface area (Å²) in [6.45, 7) is 0. The monoisotopic (exact) mass is 463 g/mol. The van der Waals surface area contributed by atoms with Crippen LogP contribution in [0.4, 0.5) is 5.69 Å². The zero-order valence-corrected chi connectivity index (χ0v) is 18.5. The minimum atomic E-state index is -3.87. The maximum absolute atomic E-state index is 13.0. The lowest BCUT2D eigenvalue weighted by Crippen LogP contribution is -2.13. The fraction of sp³-hybridized carbons (Fsp3) is 0.0435. The van der Waals surface area contributed by atoms with Crippen molar-refractivity contribution in [2.45, 2.75) is 4.90 Å². The Bertz CT molecular complexity index is 1600. The largest absolute Gasteiger partial charge is 0.419 e. The summed E-state index contributed by atoms with van der Waals surface area (Å²) in [5.41, 5.74) is 3.75. The summed E-state index contributed by atoms with van der Waals surface area (Å²) in [5, 5.41) is 2.84. The van der Waals surface area contributed by atoms with Gasteiger partial charge in [-0.2, -0.15) is 0 Å². The van der Waals surface area contributed by atoms with Crippen molar-refractivity contribution in [1.82, 2.24) is 9.55 Å². The third-order valence-electron chi connectivity index (χ3n) is 5.01. The van der Waals surface area contributed by atoms with Crippen LogP contribution in [-0.4, -0.2) is 18.0 Å². The number of fused-ring (bicyclic) bond motifs is 1. The summed E-state index contributed by atoms with van der Waals surface area (Å²) >= 11 is 1.53. The quantitative estimate of drug-likeness (QED) is 0.407. The second kappa shape index (κ2) is 7.77. The second-order valence-corrected chi connectivity index (χ2v) is 9.69. The Labute approximate surface area is 187 Å². The molecule has 0 saturated carbocycles. The minimum absolute atomic E-state index is 0.0341. The zero-order chi connectivity index (χ0) is 22.3. The Kier molecular flexibility index (Phi) is 4.91. The first-order valence-electron chi connectivity index (χ1n) is 9.64. The topological polar surface area (TPSA) is 94.2 Å². The number of oxazole rings is 1. The first-order valence-corrected chi connectivity index (χ1v) is 12.0. The highest BCUT2D eigenvalue weighted by Gasteiger charge is 2.18. The first-order chi connectivity index (χ1) is 15.4. The van der Waals surface area contributed by atoms with Gasteiger partial charge in [0.1, 0.15) is 5.01 Å². The molecular weight excluding hydrogens is 446 g/mol. The van der Waals surface area contributed by atoms with E-state index in [1.54, 1.807) is 18.2 Å². The highest BCUT2D eigenvalue weighted by Crippen LogP contribution is 2.30. The van der Waals surface area contributed by atoms with E-state index in [-0.39, 0.29) is 4.90 Å². The van der Waals surface area contributed by atoms with E-state index in [1.165, 1.54) is 41.2 Å². The van der Waals surface area contributed by atoms with Gasteiger partial charge in [-0.3, -0.25) is 9.29 Å². The lowest BCUT2D eigenvalue weighted by Gasteiger charge is -2.09. The molecule has 160 valence electrons. The smallest absolute Gasteiger partial charge is 0.408 e. The van der Waals surface area contributed by atoms with Crippen LogP contribution >= 0.6 is 11.3 Å². The lowest BCUT2D eigenvalue weighted by molar-refractivity contribution is 0.528. The van der Waals surface area contributed by atoms with E-state index in [1.807, 2.05) is 41.8 Å². The summed E-state index contributed by atoms with van der Waals surface area (Å²) in [6, 6.07) is 21.3. The van der Waals surface area contributed by atoms with Crippen molar-refractivity contribution < 1.29 is 12.8 Å². The molecule has 5 rings (SSSR count). The van der Waals surface area contributed by atoms with E-state index in [9.17, 15) is 13.2 Å². The van der Waals surface area contributed by atoms with Crippen LogP contribution in [0.15, 0.2) is 92.3 Å². The molecule has 0 bridgehead atoms. The molecule has 0 saturated heterocycles. The molecule has 0 aliphatic rings. The molecule has 3 aromatic carbocycles. The molecular formula is C23H17N3O4S2. The van der Waals surface area contributed by atoms with Crippen LogP contribution in [0.1, 0.15) is 0 Å². The number of aromatic nitrogens is 2. The standard InChI is InChI=1S/C23H17N3O4S2/c1-26-20-13-18(10-11-21(20)30-23(26)27)32(28,29)25-17-9-5-8-16(12-17)19-14-31-22(24-19)15-6-3-2-4-7-15/h2-14,25H,1H3. The van der Waals surface area contributed by atoms with E-state index < -0.39 is 15.8 Å². The Morgan fingerprint density at radius 1 is 0.969 bits per heavy atom. The van der Waals surface area contributed by atoms with E-state index in [2.05, 4.69) is 4.72 Å². The highest BCUT2D eigenvalue weighted by atomic mass is 32.2. The van der Waals surface area contributed by atoms with Crippen LogP contribution in [0, 0.1) is 0 Å². The van der Waals surface area contributed by atoms with Gasteiger partial charge >= 0.3 is 5.76 Å². The number of nitrogens with zero attached hydrogens (tertiary/aromatic N) is 2. The summed E-state index contributed by atoms with van der Waals surface area (Å²) < 4.78 is 34.9.